The molecule has 0 saturated heterocycles. The van der Waals surface area contributed by atoms with Crippen LogP contribution in [-0.2, 0) is 11.8 Å². The van der Waals surface area contributed by atoms with Crippen molar-refractivity contribution in [2.24, 2.45) is 7.05 Å². The summed E-state index contributed by atoms with van der Waals surface area (Å²) in [7, 11) is 1.98. The number of para-hydroxylation sites is 1. The van der Waals surface area contributed by atoms with E-state index in [1.165, 1.54) is 24.6 Å². The Kier molecular flexibility index (Phi) is 5.73. The normalized spacial score (nSPS) is 14.6. The maximum Gasteiger partial charge on any atom is 0.237 e. The van der Waals surface area contributed by atoms with Crippen molar-refractivity contribution in [3.8, 4) is 0 Å². The Morgan fingerprint density at radius 2 is 1.82 bits per heavy atom. The van der Waals surface area contributed by atoms with Crippen LogP contribution in [0, 0.1) is 0 Å². The molecule has 1 N–H and O–H groups in total. The quantitative estimate of drug-likeness (QED) is 0.558. The van der Waals surface area contributed by atoms with Crippen molar-refractivity contribution < 1.29 is 4.79 Å². The molecule has 1 aliphatic rings. The number of aromatic nitrogens is 3. The second-order valence-electron chi connectivity index (χ2n) is 6.83. The number of thioether (sulfide) groups is 1. The zero-order chi connectivity index (χ0) is 19.5. The Morgan fingerprint density at radius 1 is 1.11 bits per heavy atom. The van der Waals surface area contributed by atoms with Gasteiger partial charge in [0.15, 0.2) is 5.16 Å². The van der Waals surface area contributed by atoms with Gasteiger partial charge in [0.25, 0.3) is 0 Å². The lowest BCUT2D eigenvalue weighted by atomic mass is 10.3. The van der Waals surface area contributed by atoms with Crippen LogP contribution in [0.3, 0.4) is 0 Å². The molecule has 0 spiro atoms. The average Bonchev–Trinajstić information content (AvgIpc) is 3.48. The summed E-state index contributed by atoms with van der Waals surface area (Å²) in [5, 5.41) is 12.2. The second kappa shape index (κ2) is 8.41. The topological polar surface area (TPSA) is 59.8 Å². The molecule has 1 amide bonds. The van der Waals surface area contributed by atoms with Gasteiger partial charge in [-0.3, -0.25) is 4.79 Å². The lowest BCUT2D eigenvalue weighted by molar-refractivity contribution is -0.115. The van der Waals surface area contributed by atoms with Crippen LogP contribution in [0.5, 0.6) is 0 Å². The van der Waals surface area contributed by atoms with Crippen molar-refractivity contribution in [1.29, 1.82) is 0 Å². The van der Waals surface area contributed by atoms with Crippen LogP contribution in [0.4, 0.5) is 5.69 Å². The molecule has 2 aromatic carbocycles. The summed E-state index contributed by atoms with van der Waals surface area (Å²) >= 11 is 3.08. The third-order valence-electron chi connectivity index (χ3n) is 4.58. The number of rotatable bonds is 7. The largest absolute Gasteiger partial charge is 0.324 e. The van der Waals surface area contributed by atoms with E-state index < -0.39 is 0 Å². The monoisotopic (exact) mass is 410 g/mol. The Bertz CT molecular complexity index is 970. The molecule has 0 aliphatic heterocycles. The minimum atomic E-state index is -0.273. The Labute approximate surface area is 173 Å². The highest BCUT2D eigenvalue weighted by atomic mass is 32.2. The standard InChI is InChI=1S/C21H22N4OS2/c1-14(27-21-24-23-19(25(21)2)15-12-13-15)20(26)22-17-10-6-7-11-18(17)28-16-8-4-3-5-9-16/h3-11,14-15H,12-13H2,1-2H3,(H,22,26)/t14-/m0/s1. The Hall–Kier alpha value is -2.25. The molecular weight excluding hydrogens is 388 g/mol. The van der Waals surface area contributed by atoms with E-state index in [0.29, 0.717) is 5.92 Å². The van der Waals surface area contributed by atoms with E-state index in [9.17, 15) is 4.79 Å². The van der Waals surface area contributed by atoms with E-state index in [-0.39, 0.29) is 11.2 Å². The van der Waals surface area contributed by atoms with Crippen LogP contribution < -0.4 is 5.32 Å². The number of hydrogen-bond donors (Lipinski definition) is 1. The summed E-state index contributed by atoms with van der Waals surface area (Å²) in [6.07, 6.45) is 2.37. The minimum absolute atomic E-state index is 0.0397. The van der Waals surface area contributed by atoms with Crippen molar-refractivity contribution in [2.75, 3.05) is 5.32 Å². The number of carbonyl (C=O) groups is 1. The fourth-order valence-electron chi connectivity index (χ4n) is 2.85. The van der Waals surface area contributed by atoms with Crippen LogP contribution in [0.15, 0.2) is 69.5 Å². The molecule has 28 heavy (non-hydrogen) atoms. The number of benzene rings is 2. The SMILES string of the molecule is C[C@H](Sc1nnc(C2CC2)n1C)C(=O)Nc1ccccc1Sc1ccccc1. The average molecular weight is 411 g/mol. The van der Waals surface area contributed by atoms with E-state index in [1.54, 1.807) is 11.8 Å². The number of nitrogens with zero attached hydrogens (tertiary/aromatic N) is 3. The van der Waals surface area contributed by atoms with E-state index in [0.717, 1.165) is 26.5 Å². The van der Waals surface area contributed by atoms with Gasteiger partial charge in [-0.1, -0.05) is 53.9 Å². The maximum absolute atomic E-state index is 12.8. The predicted octanol–water partition coefficient (Wildman–Crippen LogP) is 4.96. The zero-order valence-corrected chi connectivity index (χ0v) is 17.5. The van der Waals surface area contributed by atoms with Crippen molar-refractivity contribution in [3.05, 3.63) is 60.4 Å². The molecule has 0 bridgehead atoms. The Morgan fingerprint density at radius 3 is 2.57 bits per heavy atom. The molecule has 0 unspecified atom stereocenters. The third-order valence-corrected chi connectivity index (χ3v) is 6.80. The molecule has 144 valence electrons. The maximum atomic E-state index is 12.8. The smallest absolute Gasteiger partial charge is 0.237 e. The van der Waals surface area contributed by atoms with Gasteiger partial charge in [0, 0.05) is 22.8 Å². The molecule has 4 rings (SSSR count). The molecule has 5 nitrogen and oxygen atoms in total. The molecule has 0 radical (unpaired) electrons. The number of hydrogen-bond acceptors (Lipinski definition) is 5. The van der Waals surface area contributed by atoms with Gasteiger partial charge in [0.1, 0.15) is 5.82 Å². The first-order valence-corrected chi connectivity index (χ1v) is 11.0. The highest BCUT2D eigenvalue weighted by Crippen LogP contribution is 2.40. The summed E-state index contributed by atoms with van der Waals surface area (Å²) in [5.74, 6) is 1.53. The van der Waals surface area contributed by atoms with Crippen molar-refractivity contribution >= 4 is 35.1 Å². The summed E-state index contributed by atoms with van der Waals surface area (Å²) in [4.78, 5) is 14.9. The lowest BCUT2D eigenvalue weighted by Gasteiger charge is -2.14. The van der Waals surface area contributed by atoms with Gasteiger partial charge in [-0.25, -0.2) is 0 Å². The van der Waals surface area contributed by atoms with Gasteiger partial charge in [0.2, 0.25) is 5.91 Å². The summed E-state index contributed by atoms with van der Waals surface area (Å²) in [5.41, 5.74) is 0.824. The van der Waals surface area contributed by atoms with Crippen LogP contribution in [0.1, 0.15) is 31.5 Å². The molecule has 1 fully saturated rings. The van der Waals surface area contributed by atoms with Crippen molar-refractivity contribution in [1.82, 2.24) is 14.8 Å². The molecule has 7 heteroatoms. The summed E-state index contributed by atoms with van der Waals surface area (Å²) < 4.78 is 2.02. The molecule has 3 aromatic rings. The fraction of sp³-hybridized carbons (Fsp3) is 0.286. The van der Waals surface area contributed by atoms with E-state index in [2.05, 4.69) is 27.6 Å². The van der Waals surface area contributed by atoms with Crippen LogP contribution in [0.2, 0.25) is 0 Å². The summed E-state index contributed by atoms with van der Waals surface area (Å²) in [6, 6.07) is 18.0. The number of anilines is 1. The van der Waals surface area contributed by atoms with Gasteiger partial charge >= 0.3 is 0 Å². The minimum Gasteiger partial charge on any atom is -0.324 e. The first kappa shape index (κ1) is 19.1. The van der Waals surface area contributed by atoms with Gasteiger partial charge in [0.05, 0.1) is 10.9 Å². The van der Waals surface area contributed by atoms with Crippen molar-refractivity contribution in [2.45, 2.75) is 45.9 Å². The first-order chi connectivity index (χ1) is 13.6. The molecule has 1 heterocycles. The molecule has 1 aliphatic carbocycles. The van der Waals surface area contributed by atoms with Crippen LogP contribution in [0.25, 0.3) is 0 Å². The number of amides is 1. The number of carbonyl (C=O) groups excluding carboxylic acids is 1. The second-order valence-corrected chi connectivity index (χ2v) is 9.26. The van der Waals surface area contributed by atoms with Crippen LogP contribution in [-0.4, -0.2) is 25.9 Å². The highest BCUT2D eigenvalue weighted by Gasteiger charge is 2.30. The van der Waals surface area contributed by atoms with E-state index in [4.69, 9.17) is 0 Å². The van der Waals surface area contributed by atoms with Gasteiger partial charge < -0.3 is 9.88 Å². The molecular formula is C21H22N4OS2. The number of nitrogens with one attached hydrogen (secondary N) is 1. The summed E-state index contributed by atoms with van der Waals surface area (Å²) in [6.45, 7) is 1.90. The molecule has 1 atom stereocenters. The van der Waals surface area contributed by atoms with Crippen LogP contribution >= 0.6 is 23.5 Å². The first-order valence-electron chi connectivity index (χ1n) is 9.30. The third kappa shape index (κ3) is 4.42. The lowest BCUT2D eigenvalue weighted by Crippen LogP contribution is -2.23. The van der Waals surface area contributed by atoms with Gasteiger partial charge in [-0.2, -0.15) is 0 Å². The van der Waals surface area contributed by atoms with E-state index in [1.807, 2.05) is 61.0 Å². The molecule has 1 aromatic heterocycles. The zero-order valence-electron chi connectivity index (χ0n) is 15.8. The van der Waals surface area contributed by atoms with Gasteiger partial charge in [-0.05, 0) is 44.0 Å². The van der Waals surface area contributed by atoms with Crippen molar-refractivity contribution in [3.63, 3.8) is 0 Å². The van der Waals surface area contributed by atoms with E-state index >= 15 is 0 Å². The molecule has 1 saturated carbocycles. The highest BCUT2D eigenvalue weighted by molar-refractivity contribution is 8.00. The predicted molar refractivity (Wildman–Crippen MR) is 114 cm³/mol. The Balaban J connectivity index is 1.43. The fourth-order valence-corrected chi connectivity index (χ4v) is 4.59. The van der Waals surface area contributed by atoms with Gasteiger partial charge in [-0.15, -0.1) is 10.2 Å².